The number of aromatic nitrogens is 2. The fourth-order valence-electron chi connectivity index (χ4n) is 2.54. The van der Waals surface area contributed by atoms with E-state index in [2.05, 4.69) is 15.5 Å². The van der Waals surface area contributed by atoms with Crippen LogP contribution < -0.4 is 10.1 Å². The highest BCUT2D eigenvalue weighted by Gasteiger charge is 2.17. The van der Waals surface area contributed by atoms with Gasteiger partial charge in [0.25, 0.3) is 5.91 Å². The van der Waals surface area contributed by atoms with E-state index in [1.807, 2.05) is 19.1 Å². The summed E-state index contributed by atoms with van der Waals surface area (Å²) in [4.78, 5) is 12.7. The molecule has 1 aromatic heterocycles. The molecule has 0 spiro atoms. The van der Waals surface area contributed by atoms with Crippen LogP contribution in [0.4, 0.5) is 5.69 Å². The summed E-state index contributed by atoms with van der Waals surface area (Å²) in [5.74, 6) is 0.415. The normalized spacial score (nSPS) is 10.5. The maximum absolute atomic E-state index is 12.7. The fraction of sp³-hybridized carbons (Fsp3) is 0.158. The van der Waals surface area contributed by atoms with Crippen molar-refractivity contribution in [3.8, 4) is 17.0 Å². The highest BCUT2D eigenvalue weighted by atomic mass is 35.5. The molecule has 1 amide bonds. The van der Waals surface area contributed by atoms with Gasteiger partial charge in [0.15, 0.2) is 0 Å². The number of nitrogens with one attached hydrogen (secondary N) is 2. The van der Waals surface area contributed by atoms with E-state index >= 15 is 0 Å². The van der Waals surface area contributed by atoms with Gasteiger partial charge in [-0.25, -0.2) is 0 Å². The number of carbonyl (C=O) groups is 1. The summed E-state index contributed by atoms with van der Waals surface area (Å²) in [5, 5.41) is 11.0. The van der Waals surface area contributed by atoms with Gasteiger partial charge in [0, 0.05) is 16.1 Å². The lowest BCUT2D eigenvalue weighted by Gasteiger charge is -2.09. The molecule has 25 heavy (non-hydrogen) atoms. The standard InChI is InChI=1S/C19H18ClN3O2/c1-3-16-18(17(23-22-16)12-7-9-14(20)10-8-12)21-19(24)13-5-4-6-15(11-13)25-2/h4-11H,3H2,1-2H3,(H,21,24)(H,22,23). The summed E-state index contributed by atoms with van der Waals surface area (Å²) >= 11 is 5.95. The molecule has 6 heteroatoms. The molecular formula is C19H18ClN3O2. The van der Waals surface area contributed by atoms with Gasteiger partial charge in [0.2, 0.25) is 0 Å². The number of aromatic amines is 1. The zero-order chi connectivity index (χ0) is 17.8. The summed E-state index contributed by atoms with van der Waals surface area (Å²) in [6.07, 6.45) is 0.717. The van der Waals surface area contributed by atoms with Crippen LogP contribution in [0.25, 0.3) is 11.3 Å². The summed E-state index contributed by atoms with van der Waals surface area (Å²) in [7, 11) is 1.57. The Balaban J connectivity index is 1.94. The maximum Gasteiger partial charge on any atom is 0.255 e. The predicted octanol–water partition coefficient (Wildman–Crippen LogP) is 4.55. The van der Waals surface area contributed by atoms with Crippen molar-refractivity contribution in [2.45, 2.75) is 13.3 Å². The van der Waals surface area contributed by atoms with Crippen LogP contribution in [0.15, 0.2) is 48.5 Å². The van der Waals surface area contributed by atoms with Crippen LogP contribution in [0.1, 0.15) is 23.0 Å². The molecule has 3 aromatic rings. The van der Waals surface area contributed by atoms with Crippen molar-refractivity contribution >= 4 is 23.2 Å². The first kappa shape index (κ1) is 17.0. The molecule has 2 N–H and O–H groups in total. The molecule has 0 atom stereocenters. The van der Waals surface area contributed by atoms with Crippen molar-refractivity contribution in [1.29, 1.82) is 0 Å². The summed E-state index contributed by atoms with van der Waals surface area (Å²) in [6.45, 7) is 2.00. The number of anilines is 1. The first-order valence-corrected chi connectivity index (χ1v) is 8.28. The van der Waals surface area contributed by atoms with E-state index in [-0.39, 0.29) is 5.91 Å². The Labute approximate surface area is 151 Å². The maximum atomic E-state index is 12.7. The number of hydrogen-bond acceptors (Lipinski definition) is 3. The summed E-state index contributed by atoms with van der Waals surface area (Å²) in [6, 6.07) is 14.4. The van der Waals surface area contributed by atoms with Crippen LogP contribution in [0, 0.1) is 0 Å². The zero-order valence-corrected chi connectivity index (χ0v) is 14.7. The number of rotatable bonds is 5. The number of methoxy groups -OCH3 is 1. The highest BCUT2D eigenvalue weighted by Crippen LogP contribution is 2.30. The van der Waals surface area contributed by atoms with Crippen molar-refractivity contribution in [3.63, 3.8) is 0 Å². The third-order valence-corrected chi connectivity index (χ3v) is 4.13. The number of hydrogen-bond donors (Lipinski definition) is 2. The first-order valence-electron chi connectivity index (χ1n) is 7.91. The molecule has 2 aromatic carbocycles. The molecule has 5 nitrogen and oxygen atoms in total. The van der Waals surface area contributed by atoms with Gasteiger partial charge < -0.3 is 10.1 Å². The van der Waals surface area contributed by atoms with Gasteiger partial charge in [-0.15, -0.1) is 0 Å². The van der Waals surface area contributed by atoms with E-state index in [4.69, 9.17) is 16.3 Å². The lowest BCUT2D eigenvalue weighted by molar-refractivity contribution is 0.102. The molecule has 0 unspecified atom stereocenters. The van der Waals surface area contributed by atoms with Gasteiger partial charge in [-0.1, -0.05) is 36.7 Å². The molecule has 3 rings (SSSR count). The number of halogens is 1. The second kappa shape index (κ2) is 7.40. The van der Waals surface area contributed by atoms with Gasteiger partial charge in [0.05, 0.1) is 18.5 Å². The number of ether oxygens (including phenoxy) is 1. The Kier molecular flexibility index (Phi) is 5.05. The first-order chi connectivity index (χ1) is 12.1. The Morgan fingerprint density at radius 3 is 2.68 bits per heavy atom. The van der Waals surface area contributed by atoms with Crippen LogP contribution in [0.5, 0.6) is 5.75 Å². The third kappa shape index (κ3) is 3.67. The lowest BCUT2D eigenvalue weighted by Crippen LogP contribution is -2.13. The van der Waals surface area contributed by atoms with Crippen LogP contribution in [-0.2, 0) is 6.42 Å². The zero-order valence-electron chi connectivity index (χ0n) is 14.0. The van der Waals surface area contributed by atoms with Crippen molar-refractivity contribution in [3.05, 3.63) is 64.8 Å². The monoisotopic (exact) mass is 355 g/mol. The van der Waals surface area contributed by atoms with Crippen molar-refractivity contribution in [2.24, 2.45) is 0 Å². The van der Waals surface area contributed by atoms with E-state index in [1.165, 1.54) is 0 Å². The summed E-state index contributed by atoms with van der Waals surface area (Å²) < 4.78 is 5.18. The molecule has 0 aliphatic heterocycles. The molecule has 0 fully saturated rings. The molecule has 0 radical (unpaired) electrons. The number of benzene rings is 2. The smallest absolute Gasteiger partial charge is 0.255 e. The van der Waals surface area contributed by atoms with Crippen molar-refractivity contribution in [1.82, 2.24) is 10.2 Å². The second-order valence-corrected chi connectivity index (χ2v) is 5.91. The SMILES string of the molecule is CCc1[nH]nc(-c2ccc(Cl)cc2)c1NC(=O)c1cccc(OC)c1. The minimum absolute atomic E-state index is 0.217. The van der Waals surface area contributed by atoms with E-state index < -0.39 is 0 Å². The Bertz CT molecular complexity index is 888. The van der Waals surface area contributed by atoms with Crippen molar-refractivity contribution in [2.75, 3.05) is 12.4 Å². The Morgan fingerprint density at radius 2 is 2.00 bits per heavy atom. The quantitative estimate of drug-likeness (QED) is 0.705. The number of aryl methyl sites for hydroxylation is 1. The van der Waals surface area contributed by atoms with E-state index in [1.54, 1.807) is 43.5 Å². The van der Waals surface area contributed by atoms with Gasteiger partial charge in [-0.3, -0.25) is 9.89 Å². The topological polar surface area (TPSA) is 67.0 Å². The van der Waals surface area contributed by atoms with Gasteiger partial charge >= 0.3 is 0 Å². The minimum Gasteiger partial charge on any atom is -0.497 e. The van der Waals surface area contributed by atoms with Crippen LogP contribution in [0.3, 0.4) is 0 Å². The number of H-pyrrole nitrogens is 1. The Morgan fingerprint density at radius 1 is 1.24 bits per heavy atom. The highest BCUT2D eigenvalue weighted by molar-refractivity contribution is 6.30. The van der Waals surface area contributed by atoms with Crippen LogP contribution in [-0.4, -0.2) is 23.2 Å². The molecule has 1 heterocycles. The largest absolute Gasteiger partial charge is 0.497 e. The number of nitrogens with zero attached hydrogens (tertiary/aromatic N) is 1. The molecule has 0 bridgehead atoms. The third-order valence-electron chi connectivity index (χ3n) is 3.88. The second-order valence-electron chi connectivity index (χ2n) is 5.47. The molecule has 0 saturated carbocycles. The van der Waals surface area contributed by atoms with Crippen LogP contribution >= 0.6 is 11.6 Å². The average Bonchev–Trinajstić information content (AvgIpc) is 3.05. The van der Waals surface area contributed by atoms with Gasteiger partial charge in [0.1, 0.15) is 11.4 Å². The molecule has 0 aliphatic rings. The van der Waals surface area contributed by atoms with Gasteiger partial charge in [-0.2, -0.15) is 5.10 Å². The number of amides is 1. The lowest BCUT2D eigenvalue weighted by atomic mass is 10.1. The molecule has 0 aliphatic carbocycles. The minimum atomic E-state index is -0.217. The molecular weight excluding hydrogens is 338 g/mol. The molecule has 0 saturated heterocycles. The van der Waals surface area contributed by atoms with Gasteiger partial charge in [-0.05, 0) is 36.8 Å². The van der Waals surface area contributed by atoms with E-state index in [0.717, 1.165) is 11.3 Å². The van der Waals surface area contributed by atoms with E-state index in [9.17, 15) is 4.79 Å². The average molecular weight is 356 g/mol. The van der Waals surface area contributed by atoms with Crippen LogP contribution in [0.2, 0.25) is 5.02 Å². The summed E-state index contributed by atoms with van der Waals surface area (Å²) in [5.41, 5.74) is 3.62. The predicted molar refractivity (Wildman–Crippen MR) is 99.4 cm³/mol. The number of carbonyl (C=O) groups excluding carboxylic acids is 1. The fourth-order valence-corrected chi connectivity index (χ4v) is 2.66. The Hall–Kier alpha value is -2.79. The van der Waals surface area contributed by atoms with Crippen molar-refractivity contribution < 1.29 is 9.53 Å². The van der Waals surface area contributed by atoms with E-state index in [0.29, 0.717) is 34.1 Å². The molecule has 128 valence electrons.